The molecule has 104 valence electrons. The van der Waals surface area contributed by atoms with Gasteiger partial charge in [-0.05, 0) is 19.8 Å². The Hall–Kier alpha value is -0.650. The topological polar surface area (TPSA) is 48.0 Å². The summed E-state index contributed by atoms with van der Waals surface area (Å²) in [6.45, 7) is 6.03. The second-order valence-corrected chi connectivity index (χ2v) is 4.83. The fraction of sp³-hybridized carbons (Fsp3) is 0.923. The molecule has 1 spiro atoms. The van der Waals surface area contributed by atoms with E-state index in [4.69, 9.17) is 14.2 Å². The molecule has 0 aromatic carbocycles. The highest BCUT2D eigenvalue weighted by molar-refractivity contribution is 5.76. The summed E-state index contributed by atoms with van der Waals surface area (Å²) in [5, 5.41) is 0. The van der Waals surface area contributed by atoms with Crippen molar-refractivity contribution in [1.82, 2.24) is 4.90 Å². The SMILES string of the molecule is CCOCCCC(=O)N1CCCC2(C1)OCCO2. The van der Waals surface area contributed by atoms with Crippen LogP contribution in [0.3, 0.4) is 0 Å². The Kier molecular flexibility index (Phi) is 4.97. The van der Waals surface area contributed by atoms with E-state index in [1.54, 1.807) is 0 Å². The molecule has 2 rings (SSSR count). The van der Waals surface area contributed by atoms with Crippen LogP contribution in [0.2, 0.25) is 0 Å². The minimum absolute atomic E-state index is 0.188. The first-order valence-electron chi connectivity index (χ1n) is 6.89. The summed E-state index contributed by atoms with van der Waals surface area (Å²) in [5.41, 5.74) is 0. The standard InChI is InChI=1S/C13H23NO4/c1-2-16-8-3-5-12(15)14-7-4-6-13(11-14)17-9-10-18-13/h2-11H2,1H3. The van der Waals surface area contributed by atoms with E-state index in [-0.39, 0.29) is 5.91 Å². The van der Waals surface area contributed by atoms with Gasteiger partial charge < -0.3 is 19.1 Å². The van der Waals surface area contributed by atoms with Crippen LogP contribution in [0.5, 0.6) is 0 Å². The van der Waals surface area contributed by atoms with E-state index in [0.717, 1.165) is 25.8 Å². The zero-order valence-corrected chi connectivity index (χ0v) is 11.2. The zero-order valence-electron chi connectivity index (χ0n) is 11.2. The van der Waals surface area contributed by atoms with E-state index in [9.17, 15) is 4.79 Å². The van der Waals surface area contributed by atoms with Crippen molar-refractivity contribution < 1.29 is 19.0 Å². The maximum Gasteiger partial charge on any atom is 0.222 e. The minimum atomic E-state index is -0.506. The van der Waals surface area contributed by atoms with Gasteiger partial charge in [-0.25, -0.2) is 0 Å². The number of rotatable bonds is 5. The monoisotopic (exact) mass is 257 g/mol. The molecule has 0 atom stereocenters. The molecular formula is C13H23NO4. The first-order valence-corrected chi connectivity index (χ1v) is 6.89. The maximum absolute atomic E-state index is 12.1. The Morgan fingerprint density at radius 2 is 2.17 bits per heavy atom. The molecule has 1 amide bonds. The van der Waals surface area contributed by atoms with Gasteiger partial charge in [-0.15, -0.1) is 0 Å². The van der Waals surface area contributed by atoms with Crippen molar-refractivity contribution in [2.45, 2.75) is 38.4 Å². The Bertz CT molecular complexity index is 276. The van der Waals surface area contributed by atoms with E-state index in [1.807, 2.05) is 11.8 Å². The lowest BCUT2D eigenvalue weighted by Gasteiger charge is -2.38. The molecule has 0 radical (unpaired) electrons. The van der Waals surface area contributed by atoms with Gasteiger partial charge in [0.1, 0.15) is 0 Å². The number of ether oxygens (including phenoxy) is 3. The molecule has 0 unspecified atom stereocenters. The third-order valence-electron chi connectivity index (χ3n) is 3.47. The minimum Gasteiger partial charge on any atom is -0.382 e. The molecule has 0 aliphatic carbocycles. The molecule has 0 bridgehead atoms. The molecule has 2 saturated heterocycles. The third-order valence-corrected chi connectivity index (χ3v) is 3.47. The van der Waals surface area contributed by atoms with E-state index < -0.39 is 5.79 Å². The first kappa shape index (κ1) is 13.8. The summed E-state index contributed by atoms with van der Waals surface area (Å²) < 4.78 is 16.6. The molecule has 18 heavy (non-hydrogen) atoms. The number of amides is 1. The average molecular weight is 257 g/mol. The zero-order chi connectivity index (χ0) is 12.8. The largest absolute Gasteiger partial charge is 0.382 e. The predicted molar refractivity (Wildman–Crippen MR) is 66.2 cm³/mol. The number of carbonyl (C=O) groups excluding carboxylic acids is 1. The Morgan fingerprint density at radius 3 is 2.89 bits per heavy atom. The van der Waals surface area contributed by atoms with Crippen LogP contribution in [-0.4, -0.2) is 56.1 Å². The summed E-state index contributed by atoms with van der Waals surface area (Å²) in [5.74, 6) is -0.318. The summed E-state index contributed by atoms with van der Waals surface area (Å²) in [6, 6.07) is 0. The second-order valence-electron chi connectivity index (χ2n) is 4.83. The van der Waals surface area contributed by atoms with Gasteiger partial charge in [-0.1, -0.05) is 0 Å². The van der Waals surface area contributed by atoms with Crippen molar-refractivity contribution in [3.63, 3.8) is 0 Å². The highest BCUT2D eigenvalue weighted by Crippen LogP contribution is 2.30. The number of piperidine rings is 1. The number of nitrogens with zero attached hydrogens (tertiary/aromatic N) is 1. The molecule has 5 heteroatoms. The van der Waals surface area contributed by atoms with Crippen molar-refractivity contribution in [3.05, 3.63) is 0 Å². The molecule has 2 aliphatic heterocycles. The Labute approximate surface area is 108 Å². The van der Waals surface area contributed by atoms with Crippen molar-refractivity contribution in [2.24, 2.45) is 0 Å². The van der Waals surface area contributed by atoms with E-state index in [0.29, 0.717) is 39.4 Å². The van der Waals surface area contributed by atoms with Crippen LogP contribution in [0.4, 0.5) is 0 Å². The summed E-state index contributed by atoms with van der Waals surface area (Å²) in [7, 11) is 0. The normalized spacial score (nSPS) is 22.6. The Morgan fingerprint density at radius 1 is 1.39 bits per heavy atom. The molecule has 0 saturated carbocycles. The van der Waals surface area contributed by atoms with Crippen molar-refractivity contribution in [3.8, 4) is 0 Å². The molecular weight excluding hydrogens is 234 g/mol. The molecule has 2 heterocycles. The quantitative estimate of drug-likeness (QED) is 0.694. The lowest BCUT2D eigenvalue weighted by Crippen LogP contribution is -2.51. The molecule has 0 N–H and O–H groups in total. The van der Waals surface area contributed by atoms with Crippen molar-refractivity contribution in [1.29, 1.82) is 0 Å². The highest BCUT2D eigenvalue weighted by atomic mass is 16.7. The number of likely N-dealkylation sites (tertiary alicyclic amines) is 1. The summed E-state index contributed by atoms with van der Waals surface area (Å²) in [6.07, 6.45) is 3.20. The molecule has 0 aromatic rings. The maximum atomic E-state index is 12.1. The van der Waals surface area contributed by atoms with Gasteiger partial charge in [0.25, 0.3) is 0 Å². The van der Waals surface area contributed by atoms with E-state index in [2.05, 4.69) is 0 Å². The van der Waals surface area contributed by atoms with Gasteiger partial charge in [-0.3, -0.25) is 4.79 Å². The first-order chi connectivity index (χ1) is 8.76. The second kappa shape index (κ2) is 6.50. The van der Waals surface area contributed by atoms with Crippen molar-refractivity contribution >= 4 is 5.91 Å². The summed E-state index contributed by atoms with van der Waals surface area (Å²) >= 11 is 0. The van der Waals surface area contributed by atoms with Crippen molar-refractivity contribution in [2.75, 3.05) is 39.5 Å². The van der Waals surface area contributed by atoms with Gasteiger partial charge in [0.05, 0.1) is 19.8 Å². The van der Waals surface area contributed by atoms with Crippen LogP contribution in [0.25, 0.3) is 0 Å². The number of carbonyl (C=O) groups is 1. The van der Waals surface area contributed by atoms with Crippen LogP contribution in [0.15, 0.2) is 0 Å². The van der Waals surface area contributed by atoms with Gasteiger partial charge in [0.2, 0.25) is 5.91 Å². The molecule has 2 aliphatic rings. The van der Waals surface area contributed by atoms with Gasteiger partial charge in [0.15, 0.2) is 5.79 Å². The lowest BCUT2D eigenvalue weighted by atomic mass is 10.0. The lowest BCUT2D eigenvalue weighted by molar-refractivity contribution is -0.193. The fourth-order valence-corrected chi connectivity index (χ4v) is 2.56. The smallest absolute Gasteiger partial charge is 0.222 e. The van der Waals surface area contributed by atoms with Crippen LogP contribution >= 0.6 is 0 Å². The van der Waals surface area contributed by atoms with E-state index in [1.165, 1.54) is 0 Å². The molecule has 2 fully saturated rings. The van der Waals surface area contributed by atoms with Crippen LogP contribution in [0.1, 0.15) is 32.6 Å². The predicted octanol–water partition coefficient (Wildman–Crippen LogP) is 1.17. The number of hydrogen-bond acceptors (Lipinski definition) is 4. The third kappa shape index (κ3) is 3.43. The fourth-order valence-electron chi connectivity index (χ4n) is 2.56. The number of hydrogen-bond donors (Lipinski definition) is 0. The average Bonchev–Trinajstić information content (AvgIpc) is 2.82. The van der Waals surface area contributed by atoms with Gasteiger partial charge in [0, 0.05) is 32.6 Å². The Balaban J connectivity index is 1.75. The van der Waals surface area contributed by atoms with Crippen LogP contribution in [-0.2, 0) is 19.0 Å². The highest BCUT2D eigenvalue weighted by Gasteiger charge is 2.41. The van der Waals surface area contributed by atoms with Gasteiger partial charge >= 0.3 is 0 Å². The molecule has 5 nitrogen and oxygen atoms in total. The van der Waals surface area contributed by atoms with Crippen LogP contribution in [0, 0.1) is 0 Å². The molecule has 0 aromatic heterocycles. The van der Waals surface area contributed by atoms with E-state index >= 15 is 0 Å². The van der Waals surface area contributed by atoms with Gasteiger partial charge in [-0.2, -0.15) is 0 Å². The van der Waals surface area contributed by atoms with Crippen LogP contribution < -0.4 is 0 Å². The summed E-state index contributed by atoms with van der Waals surface area (Å²) in [4.78, 5) is 13.9.